The molecule has 0 aliphatic heterocycles. The molecule has 280 valence electrons. The van der Waals surface area contributed by atoms with Crippen molar-refractivity contribution in [3.8, 4) is 44.5 Å². The predicted molar refractivity (Wildman–Crippen MR) is 247 cm³/mol. The number of benzene rings is 9. The normalized spacial score (nSPS) is 13.9. The van der Waals surface area contributed by atoms with Gasteiger partial charge in [-0.15, -0.1) is 0 Å². The van der Waals surface area contributed by atoms with Crippen LogP contribution >= 0.6 is 0 Å². The zero-order valence-electron chi connectivity index (χ0n) is 33.3. The van der Waals surface area contributed by atoms with Gasteiger partial charge in [0, 0.05) is 22.4 Å². The molecular formula is C58H43N. The summed E-state index contributed by atoms with van der Waals surface area (Å²) < 4.78 is 0. The van der Waals surface area contributed by atoms with Crippen LogP contribution in [0.5, 0.6) is 0 Å². The lowest BCUT2D eigenvalue weighted by Crippen LogP contribution is -2.28. The van der Waals surface area contributed by atoms with Gasteiger partial charge >= 0.3 is 0 Å². The molecule has 0 bridgehead atoms. The number of para-hydroxylation sites is 1. The zero-order valence-corrected chi connectivity index (χ0v) is 33.3. The molecule has 9 aromatic carbocycles. The second kappa shape index (κ2) is 13.7. The summed E-state index contributed by atoms with van der Waals surface area (Å²) in [6.07, 6.45) is 0. The molecule has 0 saturated heterocycles. The van der Waals surface area contributed by atoms with Crippen LogP contribution < -0.4 is 4.90 Å². The number of hydrogen-bond donors (Lipinski definition) is 0. The molecule has 0 aromatic heterocycles. The lowest BCUT2D eigenvalue weighted by atomic mass is 9.67. The van der Waals surface area contributed by atoms with Gasteiger partial charge < -0.3 is 4.90 Å². The molecule has 0 amide bonds. The van der Waals surface area contributed by atoms with E-state index in [9.17, 15) is 0 Å². The molecule has 1 heteroatoms. The van der Waals surface area contributed by atoms with E-state index in [-0.39, 0.29) is 5.41 Å². The maximum Gasteiger partial charge on any atom is 0.0714 e. The molecule has 0 fully saturated rings. The van der Waals surface area contributed by atoms with Crippen molar-refractivity contribution in [1.29, 1.82) is 0 Å². The number of hydrogen-bond acceptors (Lipinski definition) is 1. The van der Waals surface area contributed by atoms with Gasteiger partial charge in [-0.1, -0.05) is 202 Å². The minimum absolute atomic E-state index is 0.0751. The van der Waals surface area contributed by atoms with Crippen molar-refractivity contribution in [1.82, 2.24) is 0 Å². The SMILES string of the molecule is CC1(C)c2ccccc2-c2cc(-c3c(-c4ccccc4)cccc3N(c3ccccc3)c3ccc4c(c3)C(c3ccccc3)(c3ccccc3)c3ccccc3-4)ccc21. The first-order valence-electron chi connectivity index (χ1n) is 20.7. The molecule has 0 spiro atoms. The Labute approximate surface area is 347 Å². The van der Waals surface area contributed by atoms with Crippen LogP contribution in [0.4, 0.5) is 17.1 Å². The van der Waals surface area contributed by atoms with Gasteiger partial charge in [0.15, 0.2) is 0 Å². The van der Waals surface area contributed by atoms with Crippen molar-refractivity contribution in [2.24, 2.45) is 0 Å². The molecule has 0 atom stereocenters. The average Bonchev–Trinajstić information content (AvgIpc) is 3.72. The molecule has 2 aliphatic carbocycles. The van der Waals surface area contributed by atoms with E-state index < -0.39 is 5.41 Å². The summed E-state index contributed by atoms with van der Waals surface area (Å²) in [6.45, 7) is 4.71. The highest BCUT2D eigenvalue weighted by atomic mass is 15.1. The number of rotatable bonds is 7. The first kappa shape index (κ1) is 35.0. The molecule has 11 rings (SSSR count). The van der Waals surface area contributed by atoms with Crippen molar-refractivity contribution in [2.75, 3.05) is 4.90 Å². The fraction of sp³-hybridized carbons (Fsp3) is 0.0690. The highest BCUT2D eigenvalue weighted by Gasteiger charge is 2.46. The van der Waals surface area contributed by atoms with Gasteiger partial charge in [-0.2, -0.15) is 0 Å². The second-order valence-corrected chi connectivity index (χ2v) is 16.4. The van der Waals surface area contributed by atoms with Gasteiger partial charge in [-0.05, 0) is 109 Å². The summed E-state index contributed by atoms with van der Waals surface area (Å²) in [5.74, 6) is 0. The minimum Gasteiger partial charge on any atom is -0.310 e. The molecule has 0 radical (unpaired) electrons. The molecule has 0 saturated carbocycles. The Balaban J connectivity index is 1.20. The van der Waals surface area contributed by atoms with E-state index in [0.29, 0.717) is 0 Å². The Morgan fingerprint density at radius 3 is 1.53 bits per heavy atom. The van der Waals surface area contributed by atoms with Crippen molar-refractivity contribution in [3.05, 3.63) is 258 Å². The summed E-state index contributed by atoms with van der Waals surface area (Å²) in [7, 11) is 0. The van der Waals surface area contributed by atoms with Gasteiger partial charge in [0.25, 0.3) is 0 Å². The van der Waals surface area contributed by atoms with E-state index in [1.54, 1.807) is 0 Å². The average molecular weight is 754 g/mol. The van der Waals surface area contributed by atoms with Gasteiger partial charge in [0.1, 0.15) is 0 Å². The van der Waals surface area contributed by atoms with Crippen LogP contribution in [-0.4, -0.2) is 0 Å². The third-order valence-corrected chi connectivity index (χ3v) is 13.0. The van der Waals surface area contributed by atoms with Crippen molar-refractivity contribution in [2.45, 2.75) is 24.7 Å². The lowest BCUT2D eigenvalue weighted by molar-refractivity contribution is 0.660. The van der Waals surface area contributed by atoms with Crippen LogP contribution in [0, 0.1) is 0 Å². The maximum absolute atomic E-state index is 2.48. The molecule has 0 heterocycles. The highest BCUT2D eigenvalue weighted by molar-refractivity contribution is 5.99. The van der Waals surface area contributed by atoms with Crippen LogP contribution in [-0.2, 0) is 10.8 Å². The molecule has 0 unspecified atom stereocenters. The fourth-order valence-electron chi connectivity index (χ4n) is 10.3. The highest BCUT2D eigenvalue weighted by Crippen LogP contribution is 2.58. The zero-order chi connectivity index (χ0) is 39.6. The Morgan fingerprint density at radius 1 is 0.322 bits per heavy atom. The van der Waals surface area contributed by atoms with Gasteiger partial charge in [-0.25, -0.2) is 0 Å². The van der Waals surface area contributed by atoms with Crippen LogP contribution in [0.1, 0.15) is 47.2 Å². The fourth-order valence-corrected chi connectivity index (χ4v) is 10.3. The Kier molecular flexibility index (Phi) is 8.13. The first-order chi connectivity index (χ1) is 29.0. The standard InChI is InChI=1S/C58H43N/c1-57(2)51-31-17-15-29-48(51)50-38-41(34-37-52(50)57)56-46(40-20-7-3-8-21-40)30-19-33-55(56)59(44-26-13-6-14-27-44)45-35-36-49-47-28-16-18-32-53(47)58(54(49)39-45,42-22-9-4-10-23-42)43-24-11-5-12-25-43/h3-39H,1-2H3. The molecule has 59 heavy (non-hydrogen) atoms. The summed E-state index contributed by atoms with van der Waals surface area (Å²) in [5, 5.41) is 0. The van der Waals surface area contributed by atoms with Crippen LogP contribution in [0.25, 0.3) is 44.5 Å². The van der Waals surface area contributed by atoms with E-state index in [1.807, 2.05) is 0 Å². The summed E-state index contributed by atoms with van der Waals surface area (Å²) in [5.41, 5.74) is 20.6. The smallest absolute Gasteiger partial charge is 0.0714 e. The third kappa shape index (κ3) is 5.31. The molecule has 1 nitrogen and oxygen atoms in total. The molecule has 0 N–H and O–H groups in total. The molecule has 2 aliphatic rings. The lowest BCUT2D eigenvalue weighted by Gasteiger charge is -2.35. The number of fused-ring (bicyclic) bond motifs is 6. The van der Waals surface area contributed by atoms with E-state index in [2.05, 4.69) is 243 Å². The van der Waals surface area contributed by atoms with Gasteiger partial charge in [-0.3, -0.25) is 0 Å². The van der Waals surface area contributed by atoms with Crippen molar-refractivity contribution in [3.63, 3.8) is 0 Å². The largest absolute Gasteiger partial charge is 0.310 e. The van der Waals surface area contributed by atoms with E-state index in [1.165, 1.54) is 77.9 Å². The molecule has 9 aromatic rings. The molecular weight excluding hydrogens is 711 g/mol. The van der Waals surface area contributed by atoms with Crippen molar-refractivity contribution >= 4 is 17.1 Å². The second-order valence-electron chi connectivity index (χ2n) is 16.4. The van der Waals surface area contributed by atoms with Crippen molar-refractivity contribution < 1.29 is 0 Å². The predicted octanol–water partition coefficient (Wildman–Crippen LogP) is 15.2. The quantitative estimate of drug-likeness (QED) is 0.157. The monoisotopic (exact) mass is 753 g/mol. The number of anilines is 3. The van der Waals surface area contributed by atoms with Crippen LogP contribution in [0.3, 0.4) is 0 Å². The first-order valence-corrected chi connectivity index (χ1v) is 20.7. The van der Waals surface area contributed by atoms with Gasteiger partial charge in [0.2, 0.25) is 0 Å². The Hall–Kier alpha value is -7.22. The summed E-state index contributed by atoms with van der Waals surface area (Å²) in [4.78, 5) is 2.48. The van der Waals surface area contributed by atoms with Crippen LogP contribution in [0.2, 0.25) is 0 Å². The summed E-state index contributed by atoms with van der Waals surface area (Å²) in [6, 6.07) is 83.0. The third-order valence-electron chi connectivity index (χ3n) is 13.0. The topological polar surface area (TPSA) is 3.24 Å². The van der Waals surface area contributed by atoms with E-state index >= 15 is 0 Å². The Bertz CT molecular complexity index is 2960. The van der Waals surface area contributed by atoms with E-state index in [4.69, 9.17) is 0 Å². The van der Waals surface area contributed by atoms with Crippen LogP contribution in [0.15, 0.2) is 224 Å². The number of nitrogens with zero attached hydrogens (tertiary/aromatic N) is 1. The Morgan fingerprint density at radius 2 is 0.847 bits per heavy atom. The van der Waals surface area contributed by atoms with E-state index in [0.717, 1.165) is 17.1 Å². The maximum atomic E-state index is 2.48. The van der Waals surface area contributed by atoms with Gasteiger partial charge in [0.05, 0.1) is 11.1 Å². The minimum atomic E-state index is -0.512. The summed E-state index contributed by atoms with van der Waals surface area (Å²) >= 11 is 0.